The summed E-state index contributed by atoms with van der Waals surface area (Å²) < 4.78 is 14.7. The van der Waals surface area contributed by atoms with Crippen LogP contribution >= 0.6 is 0 Å². The van der Waals surface area contributed by atoms with E-state index in [0.717, 1.165) is 36.2 Å². The summed E-state index contributed by atoms with van der Waals surface area (Å²) in [5, 5.41) is 7.09. The molecule has 0 aliphatic rings. The fraction of sp³-hybridized carbons (Fsp3) is 0.318. The van der Waals surface area contributed by atoms with Crippen LogP contribution in [0.1, 0.15) is 43.5 Å². The first kappa shape index (κ1) is 21.4. The normalized spacial score (nSPS) is 13.1. The molecule has 7 nitrogen and oxygen atoms in total. The second kappa shape index (κ2) is 9.49. The van der Waals surface area contributed by atoms with Crippen molar-refractivity contribution in [1.82, 2.24) is 9.97 Å². The predicted octanol–water partition coefficient (Wildman–Crippen LogP) is 3.93. The molecule has 158 valence electrons. The largest absolute Gasteiger partial charge is 0.365 e. The van der Waals surface area contributed by atoms with Crippen LogP contribution in [0.25, 0.3) is 10.9 Å². The van der Waals surface area contributed by atoms with Gasteiger partial charge in [0.2, 0.25) is 0 Å². The third-order valence-electron chi connectivity index (χ3n) is 4.93. The molecule has 2 atom stereocenters. The number of primary amides is 1. The quantitative estimate of drug-likeness (QED) is 0.424. The standard InChI is InChI=1S/C22H27FN6O/c1-3-4-7-18(13(2)24)28-22-17(23)12-16(20(25)30)21(29-22)27-15-8-9-19-14(11-15)6-5-10-26-19/h5-6,8-13,18H,3-4,7,24H2,1-2H3,(H2,25,30)(H2,27,28,29)/t13-,18+/m0/s1. The summed E-state index contributed by atoms with van der Waals surface area (Å²) in [6.07, 6.45) is 4.46. The highest BCUT2D eigenvalue weighted by Crippen LogP contribution is 2.26. The molecule has 0 spiro atoms. The van der Waals surface area contributed by atoms with E-state index in [0.29, 0.717) is 5.69 Å². The summed E-state index contributed by atoms with van der Waals surface area (Å²) in [4.78, 5) is 20.5. The number of fused-ring (bicyclic) bond motifs is 1. The maximum Gasteiger partial charge on any atom is 0.252 e. The molecule has 0 bridgehead atoms. The minimum atomic E-state index is -0.771. The molecule has 0 saturated carbocycles. The minimum absolute atomic E-state index is 0.0309. The molecule has 0 aliphatic heterocycles. The lowest BCUT2D eigenvalue weighted by molar-refractivity contribution is 0.100. The molecule has 2 heterocycles. The molecule has 8 heteroatoms. The van der Waals surface area contributed by atoms with E-state index in [1.807, 2.05) is 37.3 Å². The van der Waals surface area contributed by atoms with Gasteiger partial charge in [0, 0.05) is 29.4 Å². The van der Waals surface area contributed by atoms with Gasteiger partial charge in [0.25, 0.3) is 5.91 Å². The van der Waals surface area contributed by atoms with Gasteiger partial charge in [0.05, 0.1) is 11.1 Å². The third-order valence-corrected chi connectivity index (χ3v) is 4.93. The van der Waals surface area contributed by atoms with Gasteiger partial charge < -0.3 is 22.1 Å². The molecule has 3 rings (SSSR count). The maximum absolute atomic E-state index is 14.7. The number of rotatable bonds is 9. The van der Waals surface area contributed by atoms with Crippen LogP contribution in [-0.4, -0.2) is 28.0 Å². The Hall–Kier alpha value is -3.26. The van der Waals surface area contributed by atoms with Crippen molar-refractivity contribution in [2.45, 2.75) is 45.2 Å². The predicted molar refractivity (Wildman–Crippen MR) is 118 cm³/mol. The number of pyridine rings is 2. The van der Waals surface area contributed by atoms with Gasteiger partial charge in [0.15, 0.2) is 11.6 Å². The van der Waals surface area contributed by atoms with Crippen molar-refractivity contribution in [3.63, 3.8) is 0 Å². The molecule has 0 aliphatic carbocycles. The number of benzene rings is 1. The molecule has 1 aromatic carbocycles. The van der Waals surface area contributed by atoms with E-state index in [1.54, 1.807) is 6.20 Å². The van der Waals surface area contributed by atoms with Crippen molar-refractivity contribution in [3.8, 4) is 0 Å². The van der Waals surface area contributed by atoms with Crippen LogP contribution in [0.4, 0.5) is 21.7 Å². The highest BCUT2D eigenvalue weighted by atomic mass is 19.1. The second-order valence-corrected chi connectivity index (χ2v) is 7.37. The Morgan fingerprint density at radius 2 is 2.03 bits per heavy atom. The van der Waals surface area contributed by atoms with Crippen LogP contribution in [0.2, 0.25) is 0 Å². The van der Waals surface area contributed by atoms with E-state index < -0.39 is 11.7 Å². The molecule has 0 radical (unpaired) electrons. The van der Waals surface area contributed by atoms with Crippen molar-refractivity contribution in [2.24, 2.45) is 11.5 Å². The van der Waals surface area contributed by atoms with E-state index in [2.05, 4.69) is 27.5 Å². The van der Waals surface area contributed by atoms with E-state index in [4.69, 9.17) is 11.5 Å². The summed E-state index contributed by atoms with van der Waals surface area (Å²) in [5.74, 6) is -1.22. The van der Waals surface area contributed by atoms with E-state index in [-0.39, 0.29) is 29.3 Å². The van der Waals surface area contributed by atoms with Crippen LogP contribution in [0.3, 0.4) is 0 Å². The number of halogens is 1. The topological polar surface area (TPSA) is 119 Å². The van der Waals surface area contributed by atoms with E-state index >= 15 is 0 Å². The lowest BCUT2D eigenvalue weighted by Gasteiger charge is -2.23. The number of nitrogens with two attached hydrogens (primary N) is 2. The molecule has 2 aromatic heterocycles. The van der Waals surface area contributed by atoms with Crippen LogP contribution < -0.4 is 22.1 Å². The summed E-state index contributed by atoms with van der Waals surface area (Å²) in [7, 11) is 0. The van der Waals surface area contributed by atoms with Crippen molar-refractivity contribution in [3.05, 3.63) is 54.0 Å². The Kier molecular flexibility index (Phi) is 6.79. The fourth-order valence-electron chi connectivity index (χ4n) is 3.23. The van der Waals surface area contributed by atoms with Crippen molar-refractivity contribution in [2.75, 3.05) is 10.6 Å². The molecule has 30 heavy (non-hydrogen) atoms. The molecule has 0 unspecified atom stereocenters. The molecule has 0 saturated heterocycles. The molecule has 1 amide bonds. The second-order valence-electron chi connectivity index (χ2n) is 7.37. The number of anilines is 3. The minimum Gasteiger partial charge on any atom is -0.365 e. The van der Waals surface area contributed by atoms with Crippen LogP contribution in [0.15, 0.2) is 42.6 Å². The number of aromatic nitrogens is 2. The lowest BCUT2D eigenvalue weighted by atomic mass is 10.0. The highest BCUT2D eigenvalue weighted by molar-refractivity contribution is 5.99. The Balaban J connectivity index is 1.95. The first-order valence-electron chi connectivity index (χ1n) is 10.0. The first-order chi connectivity index (χ1) is 14.4. The number of amides is 1. The van der Waals surface area contributed by atoms with Crippen LogP contribution in [-0.2, 0) is 0 Å². The number of hydrogen-bond acceptors (Lipinski definition) is 6. The Labute approximate surface area is 175 Å². The summed E-state index contributed by atoms with van der Waals surface area (Å²) in [5.41, 5.74) is 13.0. The SMILES string of the molecule is CCCC[C@@H](Nc1nc(Nc2ccc3ncccc3c2)c(C(N)=O)cc1F)[C@H](C)N. The van der Waals surface area contributed by atoms with E-state index in [9.17, 15) is 9.18 Å². The number of nitrogens with zero attached hydrogens (tertiary/aromatic N) is 2. The number of carbonyl (C=O) groups is 1. The van der Waals surface area contributed by atoms with Gasteiger partial charge in [-0.1, -0.05) is 25.8 Å². The van der Waals surface area contributed by atoms with Gasteiger partial charge >= 0.3 is 0 Å². The zero-order valence-electron chi connectivity index (χ0n) is 17.2. The lowest BCUT2D eigenvalue weighted by Crippen LogP contribution is -2.38. The fourth-order valence-corrected chi connectivity index (χ4v) is 3.23. The van der Waals surface area contributed by atoms with Crippen molar-refractivity contribution < 1.29 is 9.18 Å². The Morgan fingerprint density at radius 1 is 1.23 bits per heavy atom. The Bertz CT molecular complexity index is 1040. The molecular weight excluding hydrogens is 383 g/mol. The average Bonchev–Trinajstić information content (AvgIpc) is 2.72. The molecule has 3 aromatic rings. The van der Waals surface area contributed by atoms with Gasteiger partial charge in [-0.3, -0.25) is 9.78 Å². The van der Waals surface area contributed by atoms with Crippen LogP contribution in [0, 0.1) is 5.82 Å². The zero-order valence-corrected chi connectivity index (χ0v) is 17.2. The van der Waals surface area contributed by atoms with Crippen molar-refractivity contribution in [1.29, 1.82) is 0 Å². The zero-order chi connectivity index (χ0) is 21.7. The number of hydrogen-bond donors (Lipinski definition) is 4. The van der Waals surface area contributed by atoms with Gasteiger partial charge in [-0.2, -0.15) is 0 Å². The first-order valence-corrected chi connectivity index (χ1v) is 10.0. The maximum atomic E-state index is 14.7. The summed E-state index contributed by atoms with van der Waals surface area (Å²) in [6, 6.07) is 10.0. The summed E-state index contributed by atoms with van der Waals surface area (Å²) >= 11 is 0. The number of nitrogens with one attached hydrogen (secondary N) is 2. The average molecular weight is 410 g/mol. The highest BCUT2D eigenvalue weighted by Gasteiger charge is 2.20. The summed E-state index contributed by atoms with van der Waals surface area (Å²) in [6.45, 7) is 3.95. The number of unbranched alkanes of at least 4 members (excludes halogenated alkanes) is 1. The molecule has 6 N–H and O–H groups in total. The van der Waals surface area contributed by atoms with Gasteiger partial charge in [0.1, 0.15) is 5.82 Å². The van der Waals surface area contributed by atoms with Gasteiger partial charge in [-0.25, -0.2) is 9.37 Å². The van der Waals surface area contributed by atoms with E-state index in [1.165, 1.54) is 0 Å². The smallest absolute Gasteiger partial charge is 0.252 e. The van der Waals surface area contributed by atoms with Crippen LogP contribution in [0.5, 0.6) is 0 Å². The Morgan fingerprint density at radius 3 is 2.73 bits per heavy atom. The van der Waals surface area contributed by atoms with Crippen molar-refractivity contribution >= 4 is 34.1 Å². The van der Waals surface area contributed by atoms with Gasteiger partial charge in [-0.15, -0.1) is 0 Å². The van der Waals surface area contributed by atoms with Gasteiger partial charge in [-0.05, 0) is 43.7 Å². The molecular formula is C22H27FN6O. The monoisotopic (exact) mass is 410 g/mol. The third kappa shape index (κ3) is 5.01. The molecule has 0 fully saturated rings. The number of carbonyl (C=O) groups excluding carboxylic acids is 1.